The van der Waals surface area contributed by atoms with Crippen LogP contribution in [0.4, 0.5) is 11.6 Å². The minimum absolute atomic E-state index is 0.232. The summed E-state index contributed by atoms with van der Waals surface area (Å²) in [6.45, 7) is 5.59. The van der Waals surface area contributed by atoms with Crippen molar-refractivity contribution in [1.29, 1.82) is 0 Å². The molecular weight excluding hydrogens is 256 g/mol. The van der Waals surface area contributed by atoms with E-state index in [0.29, 0.717) is 13.0 Å². The molecule has 0 aliphatic heterocycles. The van der Waals surface area contributed by atoms with Crippen molar-refractivity contribution in [3.05, 3.63) is 11.9 Å². The molecular formula is C14H24N4O2. The number of aryl methyl sites for hydroxylation is 1. The first kappa shape index (κ1) is 16.2. The molecule has 0 radical (unpaired) electrons. The molecule has 20 heavy (non-hydrogen) atoms. The Labute approximate surface area is 120 Å². The van der Waals surface area contributed by atoms with Gasteiger partial charge in [0.25, 0.3) is 0 Å². The lowest BCUT2D eigenvalue weighted by atomic mass is 10.3. The molecule has 1 aromatic rings. The van der Waals surface area contributed by atoms with Crippen LogP contribution in [0.5, 0.6) is 0 Å². The number of methoxy groups -OCH3 is 1. The minimum Gasteiger partial charge on any atom is -0.469 e. The highest BCUT2D eigenvalue weighted by molar-refractivity contribution is 5.69. The molecule has 2 N–H and O–H groups in total. The van der Waals surface area contributed by atoms with Crippen molar-refractivity contribution < 1.29 is 9.53 Å². The monoisotopic (exact) mass is 280 g/mol. The van der Waals surface area contributed by atoms with Gasteiger partial charge in [-0.3, -0.25) is 4.79 Å². The first-order valence-electron chi connectivity index (χ1n) is 7.12. The highest BCUT2D eigenvalue weighted by Gasteiger charge is 2.05. The van der Waals surface area contributed by atoms with Crippen molar-refractivity contribution in [3.8, 4) is 0 Å². The molecule has 0 unspecified atom stereocenters. The molecule has 1 heterocycles. The number of anilines is 2. The van der Waals surface area contributed by atoms with Crippen LogP contribution in [0, 0.1) is 0 Å². The first-order chi connectivity index (χ1) is 9.69. The van der Waals surface area contributed by atoms with Gasteiger partial charge in [-0.05, 0) is 12.8 Å². The largest absolute Gasteiger partial charge is 0.469 e. The van der Waals surface area contributed by atoms with Crippen molar-refractivity contribution in [2.75, 3.05) is 30.8 Å². The summed E-state index contributed by atoms with van der Waals surface area (Å²) in [7, 11) is 1.39. The van der Waals surface area contributed by atoms with Crippen LogP contribution in [0.15, 0.2) is 6.07 Å². The van der Waals surface area contributed by atoms with E-state index in [-0.39, 0.29) is 5.97 Å². The molecule has 0 aromatic carbocycles. The van der Waals surface area contributed by atoms with Gasteiger partial charge in [0.2, 0.25) is 0 Å². The fourth-order valence-electron chi connectivity index (χ4n) is 1.66. The van der Waals surface area contributed by atoms with Crippen molar-refractivity contribution in [2.45, 2.75) is 39.5 Å². The zero-order chi connectivity index (χ0) is 14.8. The number of carbonyl (C=O) groups is 1. The van der Waals surface area contributed by atoms with Crippen molar-refractivity contribution in [1.82, 2.24) is 9.97 Å². The molecule has 0 bridgehead atoms. The van der Waals surface area contributed by atoms with E-state index in [2.05, 4.69) is 39.2 Å². The lowest BCUT2D eigenvalue weighted by Crippen LogP contribution is -2.12. The molecule has 0 spiro atoms. The lowest BCUT2D eigenvalue weighted by Gasteiger charge is -2.10. The number of ether oxygens (including phenoxy) is 1. The van der Waals surface area contributed by atoms with E-state index < -0.39 is 0 Å². The number of carbonyl (C=O) groups excluding carboxylic acids is 1. The van der Waals surface area contributed by atoms with Gasteiger partial charge in [0, 0.05) is 25.6 Å². The summed E-state index contributed by atoms with van der Waals surface area (Å²) in [6, 6.07) is 1.87. The molecule has 6 heteroatoms. The summed E-state index contributed by atoms with van der Waals surface area (Å²) in [6.07, 6.45) is 3.20. The maximum absolute atomic E-state index is 11.1. The van der Waals surface area contributed by atoms with Crippen LogP contribution >= 0.6 is 0 Å². The molecule has 0 aliphatic carbocycles. The maximum atomic E-state index is 11.1. The standard InChI is InChI=1S/C14H24N4O2/c1-4-6-11-17-12(15-8-5-2)10-13(18-11)16-9-7-14(19)20-3/h10H,4-9H2,1-3H3,(H2,15,16,17,18). The molecule has 0 saturated carbocycles. The molecule has 0 amide bonds. The summed E-state index contributed by atoms with van der Waals surface area (Å²) >= 11 is 0. The van der Waals surface area contributed by atoms with Crippen LogP contribution in [-0.4, -0.2) is 36.1 Å². The van der Waals surface area contributed by atoms with E-state index in [9.17, 15) is 4.79 Å². The molecule has 1 rings (SSSR count). The normalized spacial score (nSPS) is 10.2. The molecule has 0 fully saturated rings. The van der Waals surface area contributed by atoms with Crippen LogP contribution in [0.2, 0.25) is 0 Å². The lowest BCUT2D eigenvalue weighted by molar-refractivity contribution is -0.140. The number of aromatic nitrogens is 2. The van der Waals surface area contributed by atoms with Crippen LogP contribution in [-0.2, 0) is 16.0 Å². The van der Waals surface area contributed by atoms with Crippen molar-refractivity contribution >= 4 is 17.6 Å². The predicted octanol–water partition coefficient (Wildman–Crippen LogP) is 2.23. The number of nitrogens with zero attached hydrogens (tertiary/aromatic N) is 2. The molecule has 0 aliphatic rings. The second-order valence-electron chi connectivity index (χ2n) is 4.48. The number of nitrogens with one attached hydrogen (secondary N) is 2. The second kappa shape index (κ2) is 9.12. The third kappa shape index (κ3) is 5.86. The third-order valence-corrected chi connectivity index (χ3v) is 2.67. The van der Waals surface area contributed by atoms with E-state index in [1.165, 1.54) is 7.11 Å². The third-order valence-electron chi connectivity index (χ3n) is 2.67. The Bertz CT molecular complexity index is 424. The Morgan fingerprint density at radius 2 is 1.80 bits per heavy atom. The Morgan fingerprint density at radius 3 is 2.35 bits per heavy atom. The topological polar surface area (TPSA) is 76.1 Å². The zero-order valence-corrected chi connectivity index (χ0v) is 12.5. The van der Waals surface area contributed by atoms with Gasteiger partial charge in [-0.1, -0.05) is 13.8 Å². The fraction of sp³-hybridized carbons (Fsp3) is 0.643. The van der Waals surface area contributed by atoms with E-state index in [0.717, 1.165) is 43.3 Å². The Balaban J connectivity index is 2.66. The van der Waals surface area contributed by atoms with Gasteiger partial charge in [-0.15, -0.1) is 0 Å². The molecule has 0 atom stereocenters. The molecule has 6 nitrogen and oxygen atoms in total. The Kier molecular flexibility index (Phi) is 7.39. The Hall–Kier alpha value is -1.85. The van der Waals surface area contributed by atoms with Gasteiger partial charge in [0.15, 0.2) is 0 Å². The van der Waals surface area contributed by atoms with E-state index in [4.69, 9.17) is 0 Å². The average molecular weight is 280 g/mol. The van der Waals surface area contributed by atoms with Gasteiger partial charge in [0.05, 0.1) is 13.5 Å². The molecule has 112 valence electrons. The van der Waals surface area contributed by atoms with Gasteiger partial charge >= 0.3 is 5.97 Å². The molecule has 1 aromatic heterocycles. The van der Waals surface area contributed by atoms with E-state index in [1.807, 2.05) is 6.07 Å². The summed E-state index contributed by atoms with van der Waals surface area (Å²) in [5, 5.41) is 6.39. The second-order valence-corrected chi connectivity index (χ2v) is 4.48. The maximum Gasteiger partial charge on any atom is 0.307 e. The van der Waals surface area contributed by atoms with Crippen LogP contribution in [0.3, 0.4) is 0 Å². The number of rotatable bonds is 9. The highest BCUT2D eigenvalue weighted by atomic mass is 16.5. The average Bonchev–Trinajstić information content (AvgIpc) is 2.45. The highest BCUT2D eigenvalue weighted by Crippen LogP contribution is 2.12. The summed E-state index contributed by atoms with van der Waals surface area (Å²) in [5.74, 6) is 2.15. The van der Waals surface area contributed by atoms with Crippen LogP contribution in [0.1, 0.15) is 38.9 Å². The summed E-state index contributed by atoms with van der Waals surface area (Å²) < 4.78 is 4.60. The van der Waals surface area contributed by atoms with E-state index in [1.54, 1.807) is 0 Å². The zero-order valence-electron chi connectivity index (χ0n) is 12.5. The predicted molar refractivity (Wildman–Crippen MR) is 79.9 cm³/mol. The molecule has 0 saturated heterocycles. The number of hydrogen-bond donors (Lipinski definition) is 2. The summed E-state index contributed by atoms with van der Waals surface area (Å²) in [4.78, 5) is 20.0. The quantitative estimate of drug-likeness (QED) is 0.676. The smallest absolute Gasteiger partial charge is 0.307 e. The summed E-state index contributed by atoms with van der Waals surface area (Å²) in [5.41, 5.74) is 0. The Morgan fingerprint density at radius 1 is 1.15 bits per heavy atom. The number of esters is 1. The van der Waals surface area contributed by atoms with Gasteiger partial charge in [0.1, 0.15) is 17.5 Å². The van der Waals surface area contributed by atoms with Crippen LogP contribution in [0.25, 0.3) is 0 Å². The van der Waals surface area contributed by atoms with Crippen molar-refractivity contribution in [2.24, 2.45) is 0 Å². The first-order valence-corrected chi connectivity index (χ1v) is 7.12. The van der Waals surface area contributed by atoms with Crippen LogP contribution < -0.4 is 10.6 Å². The minimum atomic E-state index is -0.232. The fourth-order valence-corrected chi connectivity index (χ4v) is 1.66. The van der Waals surface area contributed by atoms with Gasteiger partial charge in [-0.2, -0.15) is 0 Å². The number of hydrogen-bond acceptors (Lipinski definition) is 6. The van der Waals surface area contributed by atoms with E-state index >= 15 is 0 Å². The van der Waals surface area contributed by atoms with Gasteiger partial charge < -0.3 is 15.4 Å². The van der Waals surface area contributed by atoms with Gasteiger partial charge in [-0.25, -0.2) is 9.97 Å². The van der Waals surface area contributed by atoms with Crippen molar-refractivity contribution in [3.63, 3.8) is 0 Å². The SMILES string of the molecule is CCCNc1cc(NCCC(=O)OC)nc(CCC)n1.